The normalized spacial score (nSPS) is 15.0. The van der Waals surface area contributed by atoms with Crippen LogP contribution >= 0.6 is 22.9 Å². The average molecular weight is 430 g/mol. The van der Waals surface area contributed by atoms with Gasteiger partial charge in [-0.2, -0.15) is 0 Å². The van der Waals surface area contributed by atoms with Crippen molar-refractivity contribution in [3.8, 4) is 10.6 Å². The SMILES string of the molecule is C[C@H](Nc1ncc(-c2cncn2C2CC2)s1)c1cc2cc(Cl)c(F)cc2[nH]c1=O. The Morgan fingerprint density at radius 3 is 2.97 bits per heavy atom. The summed E-state index contributed by atoms with van der Waals surface area (Å²) in [5.41, 5.74) is 1.73. The molecule has 5 rings (SSSR count). The molecule has 6 nitrogen and oxygen atoms in total. The molecule has 148 valence electrons. The van der Waals surface area contributed by atoms with Gasteiger partial charge < -0.3 is 14.9 Å². The van der Waals surface area contributed by atoms with E-state index >= 15 is 0 Å². The summed E-state index contributed by atoms with van der Waals surface area (Å²) < 4.78 is 15.8. The summed E-state index contributed by atoms with van der Waals surface area (Å²) >= 11 is 7.40. The Kier molecular flexibility index (Phi) is 4.40. The predicted octanol–water partition coefficient (Wildman–Crippen LogP) is 5.15. The number of rotatable bonds is 5. The maximum atomic E-state index is 13.6. The Balaban J connectivity index is 1.42. The molecule has 0 spiro atoms. The third kappa shape index (κ3) is 3.42. The van der Waals surface area contributed by atoms with Crippen molar-refractivity contribution in [3.05, 3.63) is 63.7 Å². The van der Waals surface area contributed by atoms with E-state index in [0.717, 1.165) is 10.6 Å². The van der Waals surface area contributed by atoms with E-state index in [1.54, 1.807) is 6.07 Å². The molecule has 0 radical (unpaired) electrons. The largest absolute Gasteiger partial charge is 0.355 e. The summed E-state index contributed by atoms with van der Waals surface area (Å²) in [6.07, 6.45) is 7.91. The number of fused-ring (bicyclic) bond motifs is 1. The smallest absolute Gasteiger partial charge is 0.253 e. The third-order valence-corrected chi connectivity index (χ3v) is 6.33. The number of nitrogens with zero attached hydrogens (tertiary/aromatic N) is 3. The van der Waals surface area contributed by atoms with Gasteiger partial charge in [-0.15, -0.1) is 0 Å². The Morgan fingerprint density at radius 2 is 2.17 bits per heavy atom. The van der Waals surface area contributed by atoms with Gasteiger partial charge in [-0.1, -0.05) is 22.9 Å². The zero-order valence-electron chi connectivity index (χ0n) is 15.4. The van der Waals surface area contributed by atoms with Gasteiger partial charge in [-0.05, 0) is 38.0 Å². The maximum Gasteiger partial charge on any atom is 0.253 e. The highest BCUT2D eigenvalue weighted by Crippen LogP contribution is 2.40. The summed E-state index contributed by atoms with van der Waals surface area (Å²) in [4.78, 5) is 25.0. The molecular formula is C20H17ClFN5OS. The summed E-state index contributed by atoms with van der Waals surface area (Å²) in [5.74, 6) is -0.561. The first-order valence-corrected chi connectivity index (χ1v) is 10.5. The van der Waals surface area contributed by atoms with Crippen molar-refractivity contribution < 1.29 is 4.39 Å². The third-order valence-electron chi connectivity index (χ3n) is 5.08. The van der Waals surface area contributed by atoms with Gasteiger partial charge in [0.15, 0.2) is 5.13 Å². The van der Waals surface area contributed by atoms with Gasteiger partial charge in [0.25, 0.3) is 5.56 Å². The number of anilines is 1. The minimum atomic E-state index is -0.561. The first-order chi connectivity index (χ1) is 14.0. The summed E-state index contributed by atoms with van der Waals surface area (Å²) in [7, 11) is 0. The van der Waals surface area contributed by atoms with E-state index in [9.17, 15) is 9.18 Å². The molecule has 0 aliphatic heterocycles. The number of halogens is 2. The summed E-state index contributed by atoms with van der Waals surface area (Å²) in [6, 6.07) is 4.72. The van der Waals surface area contributed by atoms with E-state index in [2.05, 4.69) is 24.8 Å². The van der Waals surface area contributed by atoms with Crippen molar-refractivity contribution in [1.82, 2.24) is 19.5 Å². The lowest BCUT2D eigenvalue weighted by molar-refractivity contribution is 0.629. The van der Waals surface area contributed by atoms with Crippen molar-refractivity contribution in [2.75, 3.05) is 5.32 Å². The van der Waals surface area contributed by atoms with Crippen LogP contribution in [0.4, 0.5) is 9.52 Å². The molecule has 3 heterocycles. The number of hydrogen-bond acceptors (Lipinski definition) is 5. The first kappa shape index (κ1) is 18.3. The molecule has 9 heteroatoms. The lowest BCUT2D eigenvalue weighted by Gasteiger charge is -2.13. The fourth-order valence-electron chi connectivity index (χ4n) is 3.40. The molecule has 0 amide bonds. The molecule has 0 bridgehead atoms. The number of H-pyrrole nitrogens is 1. The summed E-state index contributed by atoms with van der Waals surface area (Å²) in [5, 5.41) is 4.70. The van der Waals surface area contributed by atoms with Crippen LogP contribution in [0, 0.1) is 5.82 Å². The van der Waals surface area contributed by atoms with E-state index < -0.39 is 5.82 Å². The van der Waals surface area contributed by atoms with Gasteiger partial charge in [0.2, 0.25) is 0 Å². The molecule has 2 N–H and O–H groups in total. The highest BCUT2D eigenvalue weighted by molar-refractivity contribution is 7.18. The van der Waals surface area contributed by atoms with Crippen LogP contribution in [0.15, 0.2) is 41.7 Å². The number of imidazole rings is 1. The van der Waals surface area contributed by atoms with Crippen LogP contribution in [0.25, 0.3) is 21.5 Å². The minimum absolute atomic E-state index is 0.0213. The van der Waals surface area contributed by atoms with E-state index in [4.69, 9.17) is 11.6 Å². The molecule has 1 atom stereocenters. The van der Waals surface area contributed by atoms with Crippen molar-refractivity contribution in [2.24, 2.45) is 0 Å². The molecule has 1 fully saturated rings. The Labute approximate surface area is 174 Å². The van der Waals surface area contributed by atoms with Gasteiger partial charge in [-0.3, -0.25) is 4.79 Å². The van der Waals surface area contributed by atoms with Crippen molar-refractivity contribution in [2.45, 2.75) is 31.8 Å². The lowest BCUT2D eigenvalue weighted by atomic mass is 10.1. The molecule has 4 aromatic rings. The molecule has 1 aliphatic carbocycles. The number of aromatic nitrogens is 4. The Bertz CT molecular complexity index is 1280. The minimum Gasteiger partial charge on any atom is -0.355 e. The molecule has 3 aromatic heterocycles. The van der Waals surface area contributed by atoms with Gasteiger partial charge in [0, 0.05) is 23.2 Å². The number of hydrogen-bond donors (Lipinski definition) is 2. The fraction of sp³-hybridized carbons (Fsp3) is 0.250. The summed E-state index contributed by atoms with van der Waals surface area (Å²) in [6.45, 7) is 1.89. The fourth-order valence-corrected chi connectivity index (χ4v) is 4.49. The van der Waals surface area contributed by atoms with Crippen LogP contribution in [-0.2, 0) is 0 Å². The second-order valence-corrected chi connectivity index (χ2v) is 8.66. The van der Waals surface area contributed by atoms with Crippen LogP contribution in [0.5, 0.6) is 0 Å². The molecule has 1 saturated carbocycles. The quantitative estimate of drug-likeness (QED) is 0.460. The van der Waals surface area contributed by atoms with Gasteiger partial charge in [0.1, 0.15) is 5.82 Å². The zero-order chi connectivity index (χ0) is 20.1. The Hall–Kier alpha value is -2.71. The molecule has 0 saturated heterocycles. The highest BCUT2D eigenvalue weighted by Gasteiger charge is 2.26. The Morgan fingerprint density at radius 1 is 1.34 bits per heavy atom. The second kappa shape index (κ2) is 6.96. The number of nitrogens with one attached hydrogen (secondary N) is 2. The van der Waals surface area contributed by atoms with Crippen LogP contribution in [0.1, 0.15) is 37.4 Å². The van der Waals surface area contributed by atoms with Gasteiger partial charge >= 0.3 is 0 Å². The topological polar surface area (TPSA) is 75.6 Å². The second-order valence-electron chi connectivity index (χ2n) is 7.22. The number of aromatic amines is 1. The molecule has 29 heavy (non-hydrogen) atoms. The lowest BCUT2D eigenvalue weighted by Crippen LogP contribution is -2.19. The zero-order valence-corrected chi connectivity index (χ0v) is 17.0. The molecule has 0 unspecified atom stereocenters. The standard InChI is InChI=1S/C20H17ClFN5OS/c1-10(13-4-11-5-14(21)15(22)6-16(11)26-19(13)28)25-20-24-8-18(29-20)17-7-23-9-27(17)12-2-3-12/h4-10,12H,2-3H2,1H3,(H,24,25)(H,26,28)/t10-/m0/s1. The van der Waals surface area contributed by atoms with Crippen LogP contribution in [0.3, 0.4) is 0 Å². The number of benzene rings is 1. The monoisotopic (exact) mass is 429 g/mol. The average Bonchev–Trinajstić information content (AvgIpc) is 3.22. The molecule has 1 aromatic carbocycles. The number of thiazole rings is 1. The first-order valence-electron chi connectivity index (χ1n) is 9.26. The molecular weight excluding hydrogens is 413 g/mol. The maximum absolute atomic E-state index is 13.6. The van der Waals surface area contributed by atoms with Crippen LogP contribution < -0.4 is 10.9 Å². The van der Waals surface area contributed by atoms with Crippen molar-refractivity contribution >= 4 is 39.0 Å². The van der Waals surface area contributed by atoms with Crippen molar-refractivity contribution in [1.29, 1.82) is 0 Å². The van der Waals surface area contributed by atoms with E-state index in [0.29, 0.717) is 27.6 Å². The van der Waals surface area contributed by atoms with Gasteiger partial charge in [-0.25, -0.2) is 14.4 Å². The van der Waals surface area contributed by atoms with E-state index in [1.165, 1.54) is 36.3 Å². The van der Waals surface area contributed by atoms with Crippen LogP contribution in [0.2, 0.25) is 5.02 Å². The predicted molar refractivity (Wildman–Crippen MR) is 113 cm³/mol. The van der Waals surface area contributed by atoms with Gasteiger partial charge in [0.05, 0.1) is 39.7 Å². The number of pyridine rings is 1. The van der Waals surface area contributed by atoms with Crippen molar-refractivity contribution in [3.63, 3.8) is 0 Å². The highest BCUT2D eigenvalue weighted by atomic mass is 35.5. The van der Waals surface area contributed by atoms with Crippen LogP contribution in [-0.4, -0.2) is 19.5 Å². The molecule has 1 aliphatic rings. The van der Waals surface area contributed by atoms with E-state index in [-0.39, 0.29) is 16.6 Å². The van der Waals surface area contributed by atoms with E-state index in [1.807, 2.05) is 25.6 Å².